The molecule has 1 amide bonds. The van der Waals surface area contributed by atoms with Gasteiger partial charge in [0.1, 0.15) is 5.51 Å². The summed E-state index contributed by atoms with van der Waals surface area (Å²) in [5.74, 6) is -0.164. The van der Waals surface area contributed by atoms with Crippen LogP contribution in [0.25, 0.3) is 0 Å². The highest BCUT2D eigenvalue weighted by Gasteiger charge is 2.05. The van der Waals surface area contributed by atoms with Crippen molar-refractivity contribution in [1.82, 2.24) is 10.2 Å². The van der Waals surface area contributed by atoms with Crippen molar-refractivity contribution in [3.63, 3.8) is 0 Å². The smallest absolute Gasteiger partial charge is 0.257 e. The van der Waals surface area contributed by atoms with Gasteiger partial charge in [0.25, 0.3) is 5.91 Å². The van der Waals surface area contributed by atoms with Gasteiger partial charge in [-0.25, -0.2) is 0 Å². The maximum Gasteiger partial charge on any atom is 0.257 e. The zero-order chi connectivity index (χ0) is 9.80. The van der Waals surface area contributed by atoms with Gasteiger partial charge in [0.15, 0.2) is 0 Å². The number of amides is 1. The average Bonchev–Trinajstić information content (AvgIpc) is 2.72. The molecule has 2 rings (SSSR count). The number of hydrogen-bond acceptors (Lipinski definition) is 4. The molecule has 0 radical (unpaired) electrons. The molecule has 5 heteroatoms. The quantitative estimate of drug-likeness (QED) is 0.813. The van der Waals surface area contributed by atoms with Crippen LogP contribution in [0.3, 0.4) is 0 Å². The first-order valence-corrected chi connectivity index (χ1v) is 4.87. The predicted octanol–water partition coefficient (Wildman–Crippen LogP) is 1.79. The third-order valence-electron chi connectivity index (χ3n) is 1.62. The zero-order valence-electron chi connectivity index (χ0n) is 7.18. The molecule has 0 aliphatic rings. The normalized spacial score (nSPS) is 9.71. The van der Waals surface area contributed by atoms with Crippen LogP contribution in [0, 0.1) is 0 Å². The van der Waals surface area contributed by atoms with E-state index in [0.29, 0.717) is 10.7 Å². The summed E-state index contributed by atoms with van der Waals surface area (Å²) in [6.07, 6.45) is 0. The lowest BCUT2D eigenvalue weighted by Gasteiger charge is -1.99. The Labute approximate surface area is 84.6 Å². The number of rotatable bonds is 2. The Kier molecular flexibility index (Phi) is 2.51. The van der Waals surface area contributed by atoms with Crippen molar-refractivity contribution in [2.45, 2.75) is 0 Å². The minimum atomic E-state index is -0.164. The van der Waals surface area contributed by atoms with Gasteiger partial charge in [0.2, 0.25) is 5.13 Å². The molecular formula is C9H7N3OS. The monoisotopic (exact) mass is 205 g/mol. The van der Waals surface area contributed by atoms with Crippen LogP contribution >= 0.6 is 11.3 Å². The highest BCUT2D eigenvalue weighted by atomic mass is 32.1. The number of hydrogen-bond donors (Lipinski definition) is 1. The molecule has 0 saturated heterocycles. The van der Waals surface area contributed by atoms with E-state index in [1.54, 1.807) is 17.6 Å². The Balaban J connectivity index is 2.11. The maximum absolute atomic E-state index is 11.5. The van der Waals surface area contributed by atoms with Crippen molar-refractivity contribution in [2.24, 2.45) is 0 Å². The predicted molar refractivity (Wildman–Crippen MR) is 54.3 cm³/mol. The minimum absolute atomic E-state index is 0.164. The van der Waals surface area contributed by atoms with Crippen LogP contribution in [0.4, 0.5) is 5.13 Å². The number of anilines is 1. The Morgan fingerprint density at radius 3 is 2.71 bits per heavy atom. The van der Waals surface area contributed by atoms with E-state index in [9.17, 15) is 4.79 Å². The highest BCUT2D eigenvalue weighted by Crippen LogP contribution is 2.10. The Hall–Kier alpha value is -1.75. The van der Waals surface area contributed by atoms with E-state index in [4.69, 9.17) is 0 Å². The lowest BCUT2D eigenvalue weighted by atomic mass is 10.2. The SMILES string of the molecule is O=C(Nc1nncs1)c1ccccc1. The van der Waals surface area contributed by atoms with Gasteiger partial charge >= 0.3 is 0 Å². The van der Waals surface area contributed by atoms with Gasteiger partial charge in [-0.2, -0.15) is 0 Å². The summed E-state index contributed by atoms with van der Waals surface area (Å²) >= 11 is 1.29. The Bertz CT molecular complexity index is 413. The minimum Gasteiger partial charge on any atom is -0.296 e. The summed E-state index contributed by atoms with van der Waals surface area (Å²) in [6.45, 7) is 0. The second kappa shape index (κ2) is 3.97. The van der Waals surface area contributed by atoms with E-state index < -0.39 is 0 Å². The van der Waals surface area contributed by atoms with Gasteiger partial charge in [-0.1, -0.05) is 29.5 Å². The first-order valence-electron chi connectivity index (χ1n) is 3.99. The van der Waals surface area contributed by atoms with E-state index in [0.717, 1.165) is 0 Å². The van der Waals surface area contributed by atoms with Crippen LogP contribution in [0.15, 0.2) is 35.8 Å². The van der Waals surface area contributed by atoms with E-state index in [1.165, 1.54) is 11.3 Å². The third kappa shape index (κ3) is 1.94. The van der Waals surface area contributed by atoms with Crippen molar-refractivity contribution in [1.29, 1.82) is 0 Å². The molecule has 0 saturated carbocycles. The summed E-state index contributed by atoms with van der Waals surface area (Å²) in [6, 6.07) is 8.98. The molecule has 2 aromatic rings. The van der Waals surface area contributed by atoms with Crippen LogP contribution in [0.1, 0.15) is 10.4 Å². The first-order chi connectivity index (χ1) is 6.86. The molecule has 0 atom stereocenters. The molecule has 1 aromatic carbocycles. The first kappa shape index (κ1) is 8.83. The number of carbonyl (C=O) groups excluding carboxylic acids is 1. The number of benzene rings is 1. The van der Waals surface area contributed by atoms with Crippen molar-refractivity contribution >= 4 is 22.4 Å². The lowest BCUT2D eigenvalue weighted by molar-refractivity contribution is 0.102. The fourth-order valence-electron chi connectivity index (χ4n) is 0.986. The van der Waals surface area contributed by atoms with Crippen molar-refractivity contribution < 1.29 is 4.79 Å². The number of nitrogens with one attached hydrogen (secondary N) is 1. The second-order valence-corrected chi connectivity index (χ2v) is 3.40. The number of nitrogens with zero attached hydrogens (tertiary/aromatic N) is 2. The lowest BCUT2D eigenvalue weighted by Crippen LogP contribution is -2.11. The van der Waals surface area contributed by atoms with E-state index in [1.807, 2.05) is 18.2 Å². The van der Waals surface area contributed by atoms with E-state index >= 15 is 0 Å². The van der Waals surface area contributed by atoms with Crippen molar-refractivity contribution in [3.05, 3.63) is 41.4 Å². The molecule has 1 heterocycles. The molecule has 14 heavy (non-hydrogen) atoms. The summed E-state index contributed by atoms with van der Waals surface area (Å²) in [5, 5.41) is 10.5. The van der Waals surface area contributed by atoms with E-state index in [2.05, 4.69) is 15.5 Å². The average molecular weight is 205 g/mol. The van der Waals surface area contributed by atoms with Gasteiger partial charge < -0.3 is 0 Å². The maximum atomic E-state index is 11.5. The topological polar surface area (TPSA) is 54.9 Å². The standard InChI is InChI=1S/C9H7N3OS/c13-8(7-4-2-1-3-5-7)11-9-12-10-6-14-9/h1-6H,(H,11,12,13). The molecule has 0 unspecified atom stereocenters. The molecule has 70 valence electrons. The summed E-state index contributed by atoms with van der Waals surface area (Å²) in [5.41, 5.74) is 2.18. The van der Waals surface area contributed by atoms with Crippen LogP contribution in [-0.2, 0) is 0 Å². The van der Waals surface area contributed by atoms with Gasteiger partial charge in [-0.05, 0) is 12.1 Å². The Morgan fingerprint density at radius 2 is 2.07 bits per heavy atom. The van der Waals surface area contributed by atoms with Crippen LogP contribution in [0.5, 0.6) is 0 Å². The van der Waals surface area contributed by atoms with Crippen molar-refractivity contribution in [2.75, 3.05) is 5.32 Å². The van der Waals surface area contributed by atoms with Crippen LogP contribution in [0.2, 0.25) is 0 Å². The molecule has 1 N–H and O–H groups in total. The number of aromatic nitrogens is 2. The van der Waals surface area contributed by atoms with Gasteiger partial charge in [0, 0.05) is 5.56 Å². The summed E-state index contributed by atoms with van der Waals surface area (Å²) in [7, 11) is 0. The van der Waals surface area contributed by atoms with E-state index in [-0.39, 0.29) is 5.91 Å². The molecular weight excluding hydrogens is 198 g/mol. The summed E-state index contributed by atoms with van der Waals surface area (Å²) < 4.78 is 0. The number of carbonyl (C=O) groups is 1. The molecule has 0 fully saturated rings. The van der Waals surface area contributed by atoms with Crippen LogP contribution in [-0.4, -0.2) is 16.1 Å². The van der Waals surface area contributed by atoms with Gasteiger partial charge in [0.05, 0.1) is 0 Å². The van der Waals surface area contributed by atoms with Gasteiger partial charge in [-0.15, -0.1) is 10.2 Å². The zero-order valence-corrected chi connectivity index (χ0v) is 7.99. The molecule has 0 aliphatic carbocycles. The Morgan fingerprint density at radius 1 is 1.29 bits per heavy atom. The van der Waals surface area contributed by atoms with Crippen molar-refractivity contribution in [3.8, 4) is 0 Å². The molecule has 0 spiro atoms. The fraction of sp³-hybridized carbons (Fsp3) is 0. The second-order valence-electron chi connectivity index (χ2n) is 2.56. The molecule has 0 bridgehead atoms. The molecule has 4 nitrogen and oxygen atoms in total. The highest BCUT2D eigenvalue weighted by molar-refractivity contribution is 7.13. The summed E-state index contributed by atoms with van der Waals surface area (Å²) in [4.78, 5) is 11.5. The third-order valence-corrected chi connectivity index (χ3v) is 2.22. The van der Waals surface area contributed by atoms with Gasteiger partial charge in [-0.3, -0.25) is 10.1 Å². The molecule has 1 aromatic heterocycles. The largest absolute Gasteiger partial charge is 0.296 e. The van der Waals surface area contributed by atoms with Crippen LogP contribution < -0.4 is 5.32 Å². The molecule has 0 aliphatic heterocycles. The fourth-order valence-corrected chi connectivity index (χ4v) is 1.43.